The highest BCUT2D eigenvalue weighted by Gasteiger charge is 2.28. The molecule has 0 saturated carbocycles. The van der Waals surface area contributed by atoms with Crippen molar-refractivity contribution >= 4 is 11.6 Å². The molecule has 1 amide bonds. The third kappa shape index (κ3) is 2.58. The molecule has 2 atom stereocenters. The van der Waals surface area contributed by atoms with E-state index in [4.69, 9.17) is 0 Å². The molecule has 0 spiro atoms. The van der Waals surface area contributed by atoms with Gasteiger partial charge < -0.3 is 4.90 Å². The van der Waals surface area contributed by atoms with Crippen LogP contribution in [0, 0.1) is 5.92 Å². The molecule has 0 radical (unpaired) electrons. The number of rotatable bonds is 3. The van der Waals surface area contributed by atoms with Crippen LogP contribution in [0.1, 0.15) is 45.6 Å². The van der Waals surface area contributed by atoms with E-state index in [9.17, 15) is 4.79 Å². The fraction of sp³-hybridized carbons (Fsp3) is 0.562. The van der Waals surface area contributed by atoms with Crippen molar-refractivity contribution in [2.24, 2.45) is 5.92 Å². The lowest BCUT2D eigenvalue weighted by Gasteiger charge is -2.36. The maximum atomic E-state index is 12.5. The molecule has 1 aromatic rings. The molecule has 0 bridgehead atoms. The zero-order valence-corrected chi connectivity index (χ0v) is 11.6. The number of fused-ring (bicyclic) bond motifs is 1. The number of hydrogen-bond acceptors (Lipinski definition) is 1. The first kappa shape index (κ1) is 13.1. The summed E-state index contributed by atoms with van der Waals surface area (Å²) < 4.78 is 0. The highest BCUT2D eigenvalue weighted by Crippen LogP contribution is 2.31. The second kappa shape index (κ2) is 5.55. The second-order valence-corrected chi connectivity index (χ2v) is 5.50. The Balaban J connectivity index is 2.23. The van der Waals surface area contributed by atoms with Gasteiger partial charge in [0, 0.05) is 18.2 Å². The molecule has 18 heavy (non-hydrogen) atoms. The van der Waals surface area contributed by atoms with E-state index in [0.717, 1.165) is 24.9 Å². The number of benzene rings is 1. The number of amides is 1. The van der Waals surface area contributed by atoms with Crippen LogP contribution in [-0.2, 0) is 11.2 Å². The summed E-state index contributed by atoms with van der Waals surface area (Å²) >= 11 is 0. The third-order valence-corrected chi connectivity index (χ3v) is 4.01. The summed E-state index contributed by atoms with van der Waals surface area (Å²) in [4.78, 5) is 14.5. The predicted octanol–water partition coefficient (Wildman–Crippen LogP) is 3.79. The Labute approximate surface area is 110 Å². The molecule has 1 aromatic carbocycles. The lowest BCUT2D eigenvalue weighted by atomic mass is 9.95. The summed E-state index contributed by atoms with van der Waals surface area (Å²) in [7, 11) is 0. The molecule has 2 nitrogen and oxygen atoms in total. The van der Waals surface area contributed by atoms with E-state index in [0.29, 0.717) is 18.4 Å². The van der Waals surface area contributed by atoms with Gasteiger partial charge in [-0.05, 0) is 37.3 Å². The van der Waals surface area contributed by atoms with Gasteiger partial charge in [-0.2, -0.15) is 0 Å². The maximum absolute atomic E-state index is 12.5. The maximum Gasteiger partial charge on any atom is 0.227 e. The van der Waals surface area contributed by atoms with Crippen molar-refractivity contribution in [3.63, 3.8) is 0 Å². The molecule has 1 aliphatic rings. The van der Waals surface area contributed by atoms with Crippen molar-refractivity contribution in [1.82, 2.24) is 0 Å². The Hall–Kier alpha value is -1.31. The minimum atomic E-state index is 0.281. The van der Waals surface area contributed by atoms with Crippen molar-refractivity contribution in [2.45, 2.75) is 52.5 Å². The van der Waals surface area contributed by atoms with E-state index in [1.807, 2.05) is 11.0 Å². The van der Waals surface area contributed by atoms with Crippen LogP contribution in [0.15, 0.2) is 24.3 Å². The van der Waals surface area contributed by atoms with E-state index in [2.05, 4.69) is 39.0 Å². The Kier molecular flexibility index (Phi) is 4.05. The summed E-state index contributed by atoms with van der Waals surface area (Å²) in [6, 6.07) is 8.65. The number of carbonyl (C=O) groups excluding carboxylic acids is 1. The van der Waals surface area contributed by atoms with Gasteiger partial charge in [-0.15, -0.1) is 0 Å². The SMILES string of the molecule is CCC(C)CC(=O)N1c2ccccc2CCC1C. The van der Waals surface area contributed by atoms with Crippen LogP contribution in [0.2, 0.25) is 0 Å². The number of hydrogen-bond donors (Lipinski definition) is 0. The molecule has 0 fully saturated rings. The molecule has 2 unspecified atom stereocenters. The molecule has 2 rings (SSSR count). The Bertz CT molecular complexity index is 427. The minimum absolute atomic E-state index is 0.281. The van der Waals surface area contributed by atoms with Gasteiger partial charge in [0.2, 0.25) is 5.91 Å². The van der Waals surface area contributed by atoms with Gasteiger partial charge >= 0.3 is 0 Å². The van der Waals surface area contributed by atoms with E-state index < -0.39 is 0 Å². The van der Waals surface area contributed by atoms with Crippen LogP contribution in [0.5, 0.6) is 0 Å². The van der Waals surface area contributed by atoms with Gasteiger partial charge in [0.25, 0.3) is 0 Å². The van der Waals surface area contributed by atoms with Crippen LogP contribution in [-0.4, -0.2) is 11.9 Å². The Morgan fingerprint density at radius 2 is 2.17 bits per heavy atom. The van der Waals surface area contributed by atoms with Crippen LogP contribution in [0.25, 0.3) is 0 Å². The fourth-order valence-corrected chi connectivity index (χ4v) is 2.61. The largest absolute Gasteiger partial charge is 0.309 e. The van der Waals surface area contributed by atoms with Crippen LogP contribution in [0.3, 0.4) is 0 Å². The fourth-order valence-electron chi connectivity index (χ4n) is 2.61. The highest BCUT2D eigenvalue weighted by molar-refractivity contribution is 5.95. The van der Waals surface area contributed by atoms with E-state index in [-0.39, 0.29) is 5.91 Å². The molecule has 0 N–H and O–H groups in total. The minimum Gasteiger partial charge on any atom is -0.309 e. The summed E-state index contributed by atoms with van der Waals surface area (Å²) in [6.45, 7) is 6.45. The Morgan fingerprint density at radius 1 is 1.44 bits per heavy atom. The summed E-state index contributed by atoms with van der Waals surface area (Å²) in [5.74, 6) is 0.753. The van der Waals surface area contributed by atoms with Gasteiger partial charge in [0.15, 0.2) is 0 Å². The van der Waals surface area contributed by atoms with Crippen molar-refractivity contribution in [1.29, 1.82) is 0 Å². The average molecular weight is 245 g/mol. The molecule has 2 heteroatoms. The number of para-hydroxylation sites is 1. The summed E-state index contributed by atoms with van der Waals surface area (Å²) in [6.07, 6.45) is 3.89. The highest BCUT2D eigenvalue weighted by atomic mass is 16.2. The van der Waals surface area contributed by atoms with E-state index >= 15 is 0 Å². The predicted molar refractivity (Wildman–Crippen MR) is 75.8 cm³/mol. The first-order chi connectivity index (χ1) is 8.63. The zero-order valence-electron chi connectivity index (χ0n) is 11.6. The van der Waals surface area contributed by atoms with E-state index in [1.54, 1.807) is 0 Å². The molecular weight excluding hydrogens is 222 g/mol. The van der Waals surface area contributed by atoms with Crippen LogP contribution < -0.4 is 4.90 Å². The van der Waals surface area contributed by atoms with Crippen molar-refractivity contribution in [3.8, 4) is 0 Å². The average Bonchev–Trinajstić information content (AvgIpc) is 2.38. The van der Waals surface area contributed by atoms with Crippen molar-refractivity contribution in [2.75, 3.05) is 4.90 Å². The molecular formula is C16H23NO. The van der Waals surface area contributed by atoms with Gasteiger partial charge in [0.1, 0.15) is 0 Å². The molecule has 0 aliphatic carbocycles. The van der Waals surface area contributed by atoms with Crippen molar-refractivity contribution in [3.05, 3.63) is 29.8 Å². The van der Waals surface area contributed by atoms with Gasteiger partial charge in [-0.1, -0.05) is 38.5 Å². The quantitative estimate of drug-likeness (QED) is 0.793. The van der Waals surface area contributed by atoms with E-state index in [1.165, 1.54) is 5.56 Å². The second-order valence-electron chi connectivity index (χ2n) is 5.50. The lowest BCUT2D eigenvalue weighted by Crippen LogP contribution is -2.42. The molecule has 0 saturated heterocycles. The zero-order chi connectivity index (χ0) is 13.1. The standard InChI is InChI=1S/C16H23NO/c1-4-12(2)11-16(18)17-13(3)9-10-14-7-5-6-8-15(14)17/h5-8,12-13H,4,9-11H2,1-3H3. The van der Waals surface area contributed by atoms with Gasteiger partial charge in [-0.3, -0.25) is 4.79 Å². The lowest BCUT2D eigenvalue weighted by molar-refractivity contribution is -0.120. The number of carbonyl (C=O) groups is 1. The number of aryl methyl sites for hydroxylation is 1. The molecule has 1 heterocycles. The third-order valence-electron chi connectivity index (χ3n) is 4.01. The van der Waals surface area contributed by atoms with Crippen LogP contribution in [0.4, 0.5) is 5.69 Å². The summed E-state index contributed by atoms with van der Waals surface area (Å²) in [5, 5.41) is 0. The molecule has 1 aliphatic heterocycles. The molecule has 98 valence electrons. The first-order valence-corrected chi connectivity index (χ1v) is 7.03. The Morgan fingerprint density at radius 3 is 2.89 bits per heavy atom. The number of anilines is 1. The molecule has 0 aromatic heterocycles. The monoisotopic (exact) mass is 245 g/mol. The van der Waals surface area contributed by atoms with Gasteiger partial charge in [0.05, 0.1) is 0 Å². The topological polar surface area (TPSA) is 20.3 Å². The summed E-state index contributed by atoms with van der Waals surface area (Å²) in [5.41, 5.74) is 2.44. The van der Waals surface area contributed by atoms with Gasteiger partial charge in [-0.25, -0.2) is 0 Å². The first-order valence-electron chi connectivity index (χ1n) is 7.03. The van der Waals surface area contributed by atoms with Crippen LogP contribution >= 0.6 is 0 Å². The van der Waals surface area contributed by atoms with Crippen molar-refractivity contribution < 1.29 is 4.79 Å². The number of nitrogens with zero attached hydrogens (tertiary/aromatic N) is 1. The smallest absolute Gasteiger partial charge is 0.227 e. The normalized spacial score (nSPS) is 20.4.